The molecule has 0 saturated heterocycles. The number of carbonyl (C=O) groups is 1. The number of anilines is 1. The van der Waals surface area contributed by atoms with Gasteiger partial charge in [0.1, 0.15) is 24.3 Å². The molecule has 4 rings (SSSR count). The van der Waals surface area contributed by atoms with Crippen LogP contribution in [-0.4, -0.2) is 18.6 Å². The van der Waals surface area contributed by atoms with Gasteiger partial charge in [0.25, 0.3) is 5.91 Å². The topological polar surface area (TPSA) is 47.6 Å². The molecule has 2 aliphatic rings. The van der Waals surface area contributed by atoms with E-state index in [-0.39, 0.29) is 18.2 Å². The normalized spacial score (nSPS) is 24.2. The second-order valence-corrected chi connectivity index (χ2v) is 7.47. The van der Waals surface area contributed by atoms with Gasteiger partial charge < -0.3 is 14.8 Å². The third-order valence-electron chi connectivity index (χ3n) is 4.63. The summed E-state index contributed by atoms with van der Waals surface area (Å²) in [6.45, 7) is 2.21. The third-order valence-corrected chi connectivity index (χ3v) is 5.16. The van der Waals surface area contributed by atoms with Crippen molar-refractivity contribution in [2.75, 3.05) is 11.9 Å². The summed E-state index contributed by atoms with van der Waals surface area (Å²) in [6.07, 6.45) is 1.94. The highest BCUT2D eigenvalue weighted by atomic mass is 79.9. The van der Waals surface area contributed by atoms with Gasteiger partial charge in [-0.2, -0.15) is 0 Å². The summed E-state index contributed by atoms with van der Waals surface area (Å²) >= 11 is 3.38. The summed E-state index contributed by atoms with van der Waals surface area (Å²) in [7, 11) is 0. The molecule has 0 aliphatic carbocycles. The molecule has 2 aromatic carbocycles. The molecular weight excluding hydrogens is 401 g/mol. The fourth-order valence-corrected chi connectivity index (χ4v) is 3.78. The van der Waals surface area contributed by atoms with E-state index >= 15 is 0 Å². The van der Waals surface area contributed by atoms with E-state index in [4.69, 9.17) is 9.47 Å². The number of hydrogen-bond donors (Lipinski definition) is 1. The average molecular weight is 418 g/mol. The Morgan fingerprint density at radius 3 is 2.85 bits per heavy atom. The van der Waals surface area contributed by atoms with Gasteiger partial charge in [0.05, 0.1) is 5.69 Å². The smallest absolute Gasteiger partial charge is 0.261 e. The fourth-order valence-electron chi connectivity index (χ4n) is 3.51. The number of benzene rings is 2. The van der Waals surface area contributed by atoms with Gasteiger partial charge >= 0.3 is 0 Å². The van der Waals surface area contributed by atoms with Crippen LogP contribution < -0.4 is 10.1 Å². The first-order valence-corrected chi connectivity index (χ1v) is 9.11. The first kappa shape index (κ1) is 17.2. The van der Waals surface area contributed by atoms with Gasteiger partial charge in [-0.3, -0.25) is 4.79 Å². The molecule has 134 valence electrons. The Bertz CT molecular complexity index is 896. The summed E-state index contributed by atoms with van der Waals surface area (Å²) in [6, 6.07) is 12.2. The molecule has 0 saturated carbocycles. The Labute approximate surface area is 159 Å². The number of rotatable bonds is 3. The minimum atomic E-state index is -1.20. The van der Waals surface area contributed by atoms with Crippen molar-refractivity contribution in [3.8, 4) is 5.75 Å². The van der Waals surface area contributed by atoms with Crippen molar-refractivity contribution in [1.29, 1.82) is 0 Å². The second kappa shape index (κ2) is 6.52. The molecule has 4 nitrogen and oxygen atoms in total. The van der Waals surface area contributed by atoms with E-state index in [1.54, 1.807) is 12.1 Å². The Morgan fingerprint density at radius 2 is 2.08 bits per heavy atom. The monoisotopic (exact) mass is 417 g/mol. The van der Waals surface area contributed by atoms with Crippen LogP contribution in [0, 0.1) is 5.82 Å². The molecular formula is C20H17BrFNO3. The van der Waals surface area contributed by atoms with Crippen LogP contribution in [0.3, 0.4) is 0 Å². The Hall–Kier alpha value is -2.18. The lowest BCUT2D eigenvalue weighted by Gasteiger charge is -2.35. The van der Waals surface area contributed by atoms with Crippen LogP contribution in [0.2, 0.25) is 0 Å². The van der Waals surface area contributed by atoms with Crippen LogP contribution in [0.25, 0.3) is 0 Å². The number of hydrogen-bond acceptors (Lipinski definition) is 3. The lowest BCUT2D eigenvalue weighted by molar-refractivity contribution is -0.151. The molecule has 2 aromatic rings. The molecule has 0 bridgehead atoms. The maximum atomic E-state index is 14.1. The van der Waals surface area contributed by atoms with Crippen LogP contribution in [0.5, 0.6) is 5.75 Å². The molecule has 1 amide bonds. The largest absolute Gasteiger partial charge is 0.491 e. The molecule has 0 aromatic heterocycles. The Morgan fingerprint density at radius 1 is 1.31 bits per heavy atom. The zero-order valence-electron chi connectivity index (χ0n) is 14.1. The van der Waals surface area contributed by atoms with Crippen molar-refractivity contribution in [3.05, 3.63) is 70.0 Å². The highest BCUT2D eigenvalue weighted by Gasteiger charge is 2.51. The van der Waals surface area contributed by atoms with E-state index in [2.05, 4.69) is 21.2 Å². The number of para-hydroxylation sites is 1. The highest BCUT2D eigenvalue weighted by Crippen LogP contribution is 2.46. The zero-order chi connectivity index (χ0) is 18.3. The number of fused-ring (bicyclic) bond motifs is 2. The molecule has 26 heavy (non-hydrogen) atoms. The molecule has 6 heteroatoms. The van der Waals surface area contributed by atoms with Crippen molar-refractivity contribution >= 4 is 27.5 Å². The van der Waals surface area contributed by atoms with Gasteiger partial charge in [0, 0.05) is 16.5 Å². The van der Waals surface area contributed by atoms with Crippen molar-refractivity contribution in [1.82, 2.24) is 0 Å². The summed E-state index contributed by atoms with van der Waals surface area (Å²) in [5.74, 6) is -0.0744. The first-order valence-electron chi connectivity index (χ1n) is 8.32. The van der Waals surface area contributed by atoms with E-state index in [0.29, 0.717) is 17.7 Å². The van der Waals surface area contributed by atoms with Gasteiger partial charge in [-0.1, -0.05) is 39.7 Å². The standard InChI is InChI=1S/C20H17BrFNO3/c1-12-9-15(11-25-14-7-5-13(21)6-8-14)26-20(10-12)16-3-2-4-17(22)18(16)23-19(20)24/h2-9,15H,10-11H2,1H3,(H,23,24)/t15-,20+/m0/s1. The summed E-state index contributed by atoms with van der Waals surface area (Å²) in [5.41, 5.74) is 0.556. The van der Waals surface area contributed by atoms with Crippen LogP contribution >= 0.6 is 15.9 Å². The number of amides is 1. The zero-order valence-corrected chi connectivity index (χ0v) is 15.7. The molecule has 1 N–H and O–H groups in total. The molecule has 0 radical (unpaired) electrons. The van der Waals surface area contributed by atoms with Gasteiger partial charge in [-0.05, 0) is 37.3 Å². The Balaban J connectivity index is 1.59. The minimum absolute atomic E-state index is 0.208. The van der Waals surface area contributed by atoms with E-state index in [1.165, 1.54) is 6.07 Å². The van der Waals surface area contributed by atoms with Crippen LogP contribution in [0.15, 0.2) is 58.6 Å². The molecule has 0 unspecified atom stereocenters. The van der Waals surface area contributed by atoms with Gasteiger partial charge in [-0.25, -0.2) is 4.39 Å². The predicted octanol–water partition coefficient (Wildman–Crippen LogP) is 4.55. The van der Waals surface area contributed by atoms with Crippen molar-refractivity contribution < 1.29 is 18.7 Å². The Kier molecular flexibility index (Phi) is 4.32. The third kappa shape index (κ3) is 2.93. The van der Waals surface area contributed by atoms with Gasteiger partial charge in [-0.15, -0.1) is 0 Å². The SMILES string of the molecule is CC1=C[C@@H](COc2ccc(Br)cc2)O[C@@]2(C1)C(=O)Nc1c(F)cccc12. The van der Waals surface area contributed by atoms with Gasteiger partial charge in [0.15, 0.2) is 5.60 Å². The maximum Gasteiger partial charge on any atom is 0.261 e. The van der Waals surface area contributed by atoms with E-state index in [9.17, 15) is 9.18 Å². The number of ether oxygens (including phenoxy) is 2. The average Bonchev–Trinajstić information content (AvgIpc) is 2.87. The second-order valence-electron chi connectivity index (χ2n) is 6.55. The van der Waals surface area contributed by atoms with E-state index in [1.807, 2.05) is 37.3 Å². The lowest BCUT2D eigenvalue weighted by Crippen LogP contribution is -2.44. The molecule has 2 aliphatic heterocycles. The summed E-state index contributed by atoms with van der Waals surface area (Å²) < 4.78 is 27.0. The maximum absolute atomic E-state index is 14.1. The van der Waals surface area contributed by atoms with E-state index < -0.39 is 17.5 Å². The van der Waals surface area contributed by atoms with Crippen LogP contribution in [-0.2, 0) is 15.1 Å². The van der Waals surface area contributed by atoms with Gasteiger partial charge in [0.2, 0.25) is 0 Å². The summed E-state index contributed by atoms with van der Waals surface area (Å²) in [4.78, 5) is 12.7. The lowest BCUT2D eigenvalue weighted by atomic mass is 9.85. The summed E-state index contributed by atoms with van der Waals surface area (Å²) in [5, 5.41) is 2.64. The minimum Gasteiger partial charge on any atom is -0.491 e. The molecule has 1 spiro atoms. The van der Waals surface area contributed by atoms with Crippen molar-refractivity contribution in [2.24, 2.45) is 0 Å². The number of halogens is 2. The number of carbonyl (C=O) groups excluding carboxylic acids is 1. The fraction of sp³-hybridized carbons (Fsp3) is 0.250. The highest BCUT2D eigenvalue weighted by molar-refractivity contribution is 9.10. The molecule has 2 heterocycles. The van der Waals surface area contributed by atoms with E-state index in [0.717, 1.165) is 10.0 Å². The first-order chi connectivity index (χ1) is 12.5. The van der Waals surface area contributed by atoms with Crippen LogP contribution in [0.1, 0.15) is 18.9 Å². The quantitative estimate of drug-likeness (QED) is 0.745. The van der Waals surface area contributed by atoms with Crippen molar-refractivity contribution in [2.45, 2.75) is 25.0 Å². The molecule has 0 fully saturated rings. The van der Waals surface area contributed by atoms with Crippen molar-refractivity contribution in [3.63, 3.8) is 0 Å². The number of nitrogens with one attached hydrogen (secondary N) is 1. The predicted molar refractivity (Wildman–Crippen MR) is 99.6 cm³/mol. The molecule has 2 atom stereocenters. The van der Waals surface area contributed by atoms with Crippen LogP contribution in [0.4, 0.5) is 10.1 Å².